The molecule has 0 spiro atoms. The molecule has 0 heterocycles. The molecule has 3 heteroatoms. The highest BCUT2D eigenvalue weighted by Gasteiger charge is 2.25. The first-order chi connectivity index (χ1) is 9.72. The number of hydrogen-bond acceptors (Lipinski definition) is 2. The minimum atomic E-state index is -0.891. The molecule has 1 fully saturated rings. The summed E-state index contributed by atoms with van der Waals surface area (Å²) in [6.45, 7) is 5.16. The molecule has 0 aromatic heterocycles. The molecule has 2 nitrogen and oxygen atoms in total. The van der Waals surface area contributed by atoms with Crippen molar-refractivity contribution in [3.05, 3.63) is 29.8 Å². The molecule has 2 atom stereocenters. The van der Waals surface area contributed by atoms with Crippen LogP contribution in [0, 0.1) is 12.8 Å². The Kier molecular flexibility index (Phi) is 6.24. The van der Waals surface area contributed by atoms with E-state index in [9.17, 15) is 4.21 Å². The molecular formula is C17H27NOS. The summed E-state index contributed by atoms with van der Waals surface area (Å²) in [7, 11) is -0.891. The van der Waals surface area contributed by atoms with Crippen molar-refractivity contribution in [2.75, 3.05) is 12.3 Å². The van der Waals surface area contributed by atoms with Gasteiger partial charge in [-0.1, -0.05) is 44.4 Å². The summed E-state index contributed by atoms with van der Waals surface area (Å²) >= 11 is 0. The van der Waals surface area contributed by atoms with Gasteiger partial charge in [-0.05, 0) is 43.9 Å². The van der Waals surface area contributed by atoms with Gasteiger partial charge in [0.1, 0.15) is 0 Å². The van der Waals surface area contributed by atoms with E-state index in [2.05, 4.69) is 25.2 Å². The highest BCUT2D eigenvalue weighted by atomic mass is 32.2. The zero-order chi connectivity index (χ0) is 14.4. The topological polar surface area (TPSA) is 29.1 Å². The summed E-state index contributed by atoms with van der Waals surface area (Å²) in [6, 6.07) is 8.47. The molecule has 0 aliphatic heterocycles. The summed E-state index contributed by atoms with van der Waals surface area (Å²) in [6.07, 6.45) is 6.63. The van der Waals surface area contributed by atoms with Crippen molar-refractivity contribution in [3.63, 3.8) is 0 Å². The molecule has 1 aromatic rings. The van der Waals surface area contributed by atoms with Gasteiger partial charge in [0.2, 0.25) is 0 Å². The summed E-state index contributed by atoms with van der Waals surface area (Å²) in [5, 5.41) is 3.58. The Morgan fingerprint density at radius 3 is 2.60 bits per heavy atom. The van der Waals surface area contributed by atoms with Crippen LogP contribution >= 0.6 is 0 Å². The monoisotopic (exact) mass is 293 g/mol. The van der Waals surface area contributed by atoms with E-state index in [1.807, 2.05) is 18.2 Å². The molecule has 0 saturated heterocycles. The van der Waals surface area contributed by atoms with E-state index < -0.39 is 10.8 Å². The highest BCUT2D eigenvalue weighted by molar-refractivity contribution is 7.85. The van der Waals surface area contributed by atoms with Crippen LogP contribution in [0.2, 0.25) is 0 Å². The Morgan fingerprint density at radius 2 is 1.95 bits per heavy atom. The van der Waals surface area contributed by atoms with Gasteiger partial charge in [-0.25, -0.2) is 0 Å². The van der Waals surface area contributed by atoms with Crippen LogP contribution in [0.15, 0.2) is 29.2 Å². The van der Waals surface area contributed by atoms with Gasteiger partial charge in [0.05, 0.1) is 10.8 Å². The summed E-state index contributed by atoms with van der Waals surface area (Å²) in [5.74, 6) is 1.46. The lowest BCUT2D eigenvalue weighted by Crippen LogP contribution is -2.41. The lowest BCUT2D eigenvalue weighted by molar-refractivity contribution is 0.287. The molecule has 2 unspecified atom stereocenters. The van der Waals surface area contributed by atoms with Crippen LogP contribution in [-0.2, 0) is 10.8 Å². The minimum Gasteiger partial charge on any atom is -0.313 e. The van der Waals surface area contributed by atoms with Crippen LogP contribution in [-0.4, -0.2) is 22.5 Å². The highest BCUT2D eigenvalue weighted by Crippen LogP contribution is 2.27. The molecule has 1 N–H and O–H groups in total. The second-order valence-corrected chi connectivity index (χ2v) is 7.30. The standard InChI is InChI=1S/C17H27NOS/c1-3-18-16(15-10-5-4-6-11-15)13-20(19)17-12-8-7-9-14(17)2/h7-9,12,15-16,18H,3-6,10-11,13H2,1-2H3. The molecule has 0 bridgehead atoms. The average molecular weight is 293 g/mol. The third-order valence-corrected chi connectivity index (χ3v) is 5.97. The summed E-state index contributed by atoms with van der Waals surface area (Å²) in [4.78, 5) is 1.01. The lowest BCUT2D eigenvalue weighted by Gasteiger charge is -2.30. The van der Waals surface area contributed by atoms with Gasteiger partial charge < -0.3 is 5.32 Å². The molecular weight excluding hydrogens is 266 g/mol. The SMILES string of the molecule is CCNC(CS(=O)c1ccccc1C)C1CCCCC1. The maximum Gasteiger partial charge on any atom is 0.0548 e. The lowest BCUT2D eigenvalue weighted by atomic mass is 9.84. The maximum absolute atomic E-state index is 12.7. The van der Waals surface area contributed by atoms with Crippen molar-refractivity contribution in [2.45, 2.75) is 56.9 Å². The molecule has 2 rings (SSSR count). The van der Waals surface area contributed by atoms with Crippen molar-refractivity contribution in [3.8, 4) is 0 Å². The maximum atomic E-state index is 12.7. The van der Waals surface area contributed by atoms with Crippen LogP contribution in [0.5, 0.6) is 0 Å². The molecule has 0 radical (unpaired) electrons. The number of rotatable bonds is 6. The molecule has 1 saturated carbocycles. The van der Waals surface area contributed by atoms with Crippen LogP contribution in [0.4, 0.5) is 0 Å². The van der Waals surface area contributed by atoms with Gasteiger partial charge in [0.25, 0.3) is 0 Å². The van der Waals surface area contributed by atoms with Gasteiger partial charge in [-0.3, -0.25) is 4.21 Å². The Balaban J connectivity index is 2.03. The summed E-state index contributed by atoms with van der Waals surface area (Å²) < 4.78 is 12.7. The first-order valence-electron chi connectivity index (χ1n) is 7.89. The van der Waals surface area contributed by atoms with Crippen molar-refractivity contribution < 1.29 is 4.21 Å². The fourth-order valence-electron chi connectivity index (χ4n) is 3.23. The van der Waals surface area contributed by atoms with E-state index in [0.29, 0.717) is 12.0 Å². The van der Waals surface area contributed by atoms with Crippen LogP contribution in [0.3, 0.4) is 0 Å². The molecule has 112 valence electrons. The number of benzene rings is 1. The quantitative estimate of drug-likeness (QED) is 0.867. The van der Waals surface area contributed by atoms with Gasteiger partial charge >= 0.3 is 0 Å². The second kappa shape index (κ2) is 7.94. The van der Waals surface area contributed by atoms with E-state index in [-0.39, 0.29) is 0 Å². The number of aryl methyl sites for hydroxylation is 1. The van der Waals surface area contributed by atoms with Crippen LogP contribution in [0.25, 0.3) is 0 Å². The molecule has 20 heavy (non-hydrogen) atoms. The van der Waals surface area contributed by atoms with E-state index in [1.165, 1.54) is 32.1 Å². The van der Waals surface area contributed by atoms with Crippen LogP contribution < -0.4 is 5.32 Å². The van der Waals surface area contributed by atoms with E-state index >= 15 is 0 Å². The zero-order valence-electron chi connectivity index (χ0n) is 12.7. The predicted molar refractivity (Wildman–Crippen MR) is 86.5 cm³/mol. The molecule has 1 aliphatic carbocycles. The first kappa shape index (κ1) is 15.7. The van der Waals surface area contributed by atoms with Gasteiger partial charge in [-0.2, -0.15) is 0 Å². The third-order valence-electron chi connectivity index (χ3n) is 4.35. The van der Waals surface area contributed by atoms with Gasteiger partial charge in [0, 0.05) is 16.7 Å². The van der Waals surface area contributed by atoms with Gasteiger partial charge in [0.15, 0.2) is 0 Å². The normalized spacial score (nSPS) is 19.7. The fourth-order valence-corrected chi connectivity index (χ4v) is 4.78. The Morgan fingerprint density at radius 1 is 1.25 bits per heavy atom. The van der Waals surface area contributed by atoms with E-state index in [1.54, 1.807) is 0 Å². The van der Waals surface area contributed by atoms with Crippen molar-refractivity contribution >= 4 is 10.8 Å². The second-order valence-electron chi connectivity index (χ2n) is 5.84. The van der Waals surface area contributed by atoms with Gasteiger partial charge in [-0.15, -0.1) is 0 Å². The van der Waals surface area contributed by atoms with Crippen molar-refractivity contribution in [1.82, 2.24) is 5.32 Å². The molecule has 0 amide bonds. The minimum absolute atomic E-state index is 0.403. The largest absolute Gasteiger partial charge is 0.313 e. The van der Waals surface area contributed by atoms with Crippen molar-refractivity contribution in [1.29, 1.82) is 0 Å². The van der Waals surface area contributed by atoms with E-state index in [4.69, 9.17) is 0 Å². The average Bonchev–Trinajstić information content (AvgIpc) is 2.48. The van der Waals surface area contributed by atoms with E-state index in [0.717, 1.165) is 22.8 Å². The predicted octanol–water partition coefficient (Wildman–Crippen LogP) is 3.66. The first-order valence-corrected chi connectivity index (χ1v) is 9.21. The van der Waals surface area contributed by atoms with Crippen molar-refractivity contribution in [2.24, 2.45) is 5.92 Å². The van der Waals surface area contributed by atoms with Crippen LogP contribution in [0.1, 0.15) is 44.6 Å². The Bertz CT molecular complexity index is 440. The Hall–Kier alpha value is -0.670. The third kappa shape index (κ3) is 4.16. The fraction of sp³-hybridized carbons (Fsp3) is 0.647. The number of nitrogens with one attached hydrogen (secondary N) is 1. The number of hydrogen-bond donors (Lipinski definition) is 1. The Labute approximate surface area is 125 Å². The molecule has 1 aliphatic rings. The molecule has 1 aromatic carbocycles. The summed E-state index contributed by atoms with van der Waals surface area (Å²) in [5.41, 5.74) is 1.14. The smallest absolute Gasteiger partial charge is 0.0548 e. The zero-order valence-corrected chi connectivity index (χ0v) is 13.5.